The summed E-state index contributed by atoms with van der Waals surface area (Å²) in [6, 6.07) is 21.6. The van der Waals surface area contributed by atoms with Gasteiger partial charge >= 0.3 is 0 Å². The second kappa shape index (κ2) is 8.00. The third kappa shape index (κ3) is 3.19. The highest BCUT2D eigenvalue weighted by Crippen LogP contribution is 2.49. The fourth-order valence-electron chi connectivity index (χ4n) is 4.74. The molecule has 8 nitrogen and oxygen atoms in total. The Hall–Kier alpha value is -4.56. The largest absolute Gasteiger partial charge is 0.420 e. The average Bonchev–Trinajstić information content (AvgIpc) is 3.50. The molecule has 1 atom stereocenters. The molecule has 9 heteroatoms. The number of ether oxygens (including phenoxy) is 1. The Kier molecular flexibility index (Phi) is 4.62. The zero-order valence-corrected chi connectivity index (χ0v) is 19.8. The molecule has 36 heavy (non-hydrogen) atoms. The van der Waals surface area contributed by atoms with Gasteiger partial charge in [-0.3, -0.25) is 4.98 Å². The molecule has 0 fully saturated rings. The van der Waals surface area contributed by atoms with Crippen LogP contribution in [-0.2, 0) is 0 Å². The van der Waals surface area contributed by atoms with Crippen LogP contribution in [-0.4, -0.2) is 34.3 Å². The second-order valence-corrected chi connectivity index (χ2v) is 8.98. The highest BCUT2D eigenvalue weighted by atomic mass is 35.5. The Morgan fingerprint density at radius 1 is 0.889 bits per heavy atom. The topological polar surface area (TPSA) is 83.0 Å². The van der Waals surface area contributed by atoms with E-state index in [9.17, 15) is 0 Å². The molecule has 174 valence electrons. The van der Waals surface area contributed by atoms with Crippen LogP contribution in [0.1, 0.15) is 28.3 Å². The fraction of sp³-hybridized carbons (Fsp3) is 0.0741. The second-order valence-electron chi connectivity index (χ2n) is 8.54. The van der Waals surface area contributed by atoms with Gasteiger partial charge in [-0.05, 0) is 48.9 Å². The Morgan fingerprint density at radius 2 is 1.67 bits per heavy atom. The van der Waals surface area contributed by atoms with E-state index in [4.69, 9.17) is 26.4 Å². The van der Waals surface area contributed by atoms with E-state index in [1.807, 2.05) is 61.5 Å². The summed E-state index contributed by atoms with van der Waals surface area (Å²) in [7, 11) is 0. The van der Waals surface area contributed by atoms with Crippen molar-refractivity contribution in [3.63, 3.8) is 0 Å². The lowest BCUT2D eigenvalue weighted by Crippen LogP contribution is -2.16. The molecule has 0 unspecified atom stereocenters. The van der Waals surface area contributed by atoms with Crippen LogP contribution >= 0.6 is 11.6 Å². The van der Waals surface area contributed by atoms with Gasteiger partial charge in [-0.15, -0.1) is 5.10 Å². The highest BCUT2D eigenvalue weighted by Gasteiger charge is 2.38. The van der Waals surface area contributed by atoms with Gasteiger partial charge < -0.3 is 4.74 Å². The van der Waals surface area contributed by atoms with E-state index >= 15 is 0 Å². The zero-order chi connectivity index (χ0) is 24.2. The average molecular weight is 492 g/mol. The smallest absolute Gasteiger partial charge is 0.230 e. The first-order valence-corrected chi connectivity index (χ1v) is 11.8. The molecule has 0 bridgehead atoms. The first-order chi connectivity index (χ1) is 17.7. The minimum absolute atomic E-state index is 0.198. The molecular weight excluding hydrogens is 474 g/mol. The lowest BCUT2D eigenvalue weighted by molar-refractivity contribution is 0.402. The van der Waals surface area contributed by atoms with Gasteiger partial charge in [0.2, 0.25) is 11.8 Å². The van der Waals surface area contributed by atoms with E-state index in [2.05, 4.69) is 27.2 Å². The maximum Gasteiger partial charge on any atom is 0.230 e. The molecule has 1 aliphatic heterocycles. The maximum atomic E-state index is 6.45. The van der Waals surface area contributed by atoms with Crippen molar-refractivity contribution < 1.29 is 4.74 Å². The lowest BCUT2D eigenvalue weighted by Gasteiger charge is -2.26. The van der Waals surface area contributed by atoms with Crippen molar-refractivity contribution in [1.29, 1.82) is 0 Å². The number of hydrogen-bond acceptors (Lipinski definition) is 6. The molecule has 2 aromatic carbocycles. The Morgan fingerprint density at radius 3 is 2.44 bits per heavy atom. The molecule has 1 aliphatic rings. The first kappa shape index (κ1) is 20.8. The molecule has 0 saturated heterocycles. The molecule has 0 aliphatic carbocycles. The third-order valence-corrected chi connectivity index (χ3v) is 6.61. The summed E-state index contributed by atoms with van der Waals surface area (Å²) in [4.78, 5) is 13.7. The van der Waals surface area contributed by atoms with Crippen LogP contribution in [0.25, 0.3) is 22.7 Å². The molecule has 0 N–H and O–H groups in total. The van der Waals surface area contributed by atoms with Crippen LogP contribution in [0.15, 0.2) is 85.5 Å². The monoisotopic (exact) mass is 491 g/mol. The van der Waals surface area contributed by atoms with Crippen molar-refractivity contribution in [2.75, 3.05) is 0 Å². The van der Waals surface area contributed by atoms with Gasteiger partial charge in [0.15, 0.2) is 11.5 Å². The van der Waals surface area contributed by atoms with Crippen molar-refractivity contribution in [3.05, 3.63) is 113 Å². The molecule has 4 aromatic heterocycles. The van der Waals surface area contributed by atoms with Crippen molar-refractivity contribution in [1.82, 2.24) is 34.3 Å². The van der Waals surface area contributed by atoms with Crippen molar-refractivity contribution in [2.24, 2.45) is 0 Å². The molecule has 0 saturated carbocycles. The maximum absolute atomic E-state index is 6.45. The van der Waals surface area contributed by atoms with Crippen LogP contribution in [0.2, 0.25) is 5.02 Å². The standard InChI is InChI=1S/C27H18ClN7O/c1-16-21-22(17-5-3-2-4-6-17)23-25-31-24(18-11-13-29-14-12-18)33-34(25)15-30-26(23)36-27(21)35(32-16)20-9-7-19(28)8-10-20/h2-15,22H,1H3/t22-/m1/s1. The Bertz CT molecular complexity index is 1730. The Labute approximate surface area is 210 Å². The van der Waals surface area contributed by atoms with Gasteiger partial charge in [-0.2, -0.15) is 5.10 Å². The van der Waals surface area contributed by atoms with E-state index in [1.54, 1.807) is 27.9 Å². The minimum Gasteiger partial charge on any atom is -0.420 e. The summed E-state index contributed by atoms with van der Waals surface area (Å²) in [5.41, 5.74) is 6.17. The van der Waals surface area contributed by atoms with E-state index in [-0.39, 0.29) is 5.92 Å². The number of benzene rings is 2. The lowest BCUT2D eigenvalue weighted by atomic mass is 9.84. The van der Waals surface area contributed by atoms with E-state index in [1.165, 1.54) is 0 Å². The highest BCUT2D eigenvalue weighted by molar-refractivity contribution is 6.30. The number of fused-ring (bicyclic) bond motifs is 4. The number of nitrogens with zero attached hydrogens (tertiary/aromatic N) is 7. The first-order valence-electron chi connectivity index (χ1n) is 11.4. The van der Waals surface area contributed by atoms with Crippen LogP contribution < -0.4 is 4.74 Å². The summed E-state index contributed by atoms with van der Waals surface area (Å²) in [6.45, 7) is 2.00. The van der Waals surface area contributed by atoms with Gasteiger partial charge in [-0.1, -0.05) is 41.9 Å². The van der Waals surface area contributed by atoms with E-state index in [0.29, 0.717) is 28.3 Å². The number of halogens is 1. The minimum atomic E-state index is -0.198. The summed E-state index contributed by atoms with van der Waals surface area (Å²) in [5.74, 6) is 1.50. The SMILES string of the molecule is Cc1nn(-c2ccc(Cl)cc2)c2c1[C@@H](c1ccccc1)c1c(ncn3nc(-c4ccncc4)nc13)O2. The zero-order valence-electron chi connectivity index (χ0n) is 19.1. The van der Waals surface area contributed by atoms with Crippen LogP contribution in [0.3, 0.4) is 0 Å². The van der Waals surface area contributed by atoms with Gasteiger partial charge in [0.25, 0.3) is 0 Å². The predicted molar refractivity (Wildman–Crippen MR) is 135 cm³/mol. The quantitative estimate of drug-likeness (QED) is 0.319. The van der Waals surface area contributed by atoms with Crippen molar-refractivity contribution >= 4 is 17.2 Å². The molecule has 5 heterocycles. The van der Waals surface area contributed by atoms with Crippen LogP contribution in [0.5, 0.6) is 11.8 Å². The molecule has 0 amide bonds. The molecule has 0 spiro atoms. The van der Waals surface area contributed by atoms with Gasteiger partial charge in [0, 0.05) is 23.0 Å². The molecular formula is C27H18ClN7O. The van der Waals surface area contributed by atoms with Gasteiger partial charge in [0.05, 0.1) is 28.4 Å². The number of aryl methyl sites for hydroxylation is 1. The van der Waals surface area contributed by atoms with Gasteiger partial charge in [0.1, 0.15) is 6.33 Å². The number of pyridine rings is 1. The summed E-state index contributed by atoms with van der Waals surface area (Å²) < 4.78 is 9.96. The van der Waals surface area contributed by atoms with Gasteiger partial charge in [-0.25, -0.2) is 19.2 Å². The molecule has 6 aromatic rings. The van der Waals surface area contributed by atoms with E-state index < -0.39 is 0 Å². The summed E-state index contributed by atoms with van der Waals surface area (Å²) in [6.07, 6.45) is 5.09. The van der Waals surface area contributed by atoms with Crippen LogP contribution in [0, 0.1) is 6.92 Å². The molecule has 0 radical (unpaired) electrons. The molecule has 7 rings (SSSR count). The number of aromatic nitrogens is 7. The summed E-state index contributed by atoms with van der Waals surface area (Å²) >= 11 is 6.13. The van der Waals surface area contributed by atoms with Crippen LogP contribution in [0.4, 0.5) is 0 Å². The number of rotatable bonds is 3. The summed E-state index contributed by atoms with van der Waals surface area (Å²) in [5, 5.41) is 10.2. The Balaban J connectivity index is 1.48. The normalized spacial score (nSPS) is 14.3. The third-order valence-electron chi connectivity index (χ3n) is 6.36. The number of hydrogen-bond donors (Lipinski definition) is 0. The fourth-order valence-corrected chi connectivity index (χ4v) is 4.86. The van der Waals surface area contributed by atoms with Crippen molar-refractivity contribution in [3.8, 4) is 28.8 Å². The van der Waals surface area contributed by atoms with Crippen molar-refractivity contribution in [2.45, 2.75) is 12.8 Å². The predicted octanol–water partition coefficient (Wildman–Crippen LogP) is 5.62. The van der Waals surface area contributed by atoms with E-state index in [0.717, 1.165) is 33.6 Å².